The molecule has 0 heteroatoms. The van der Waals surface area contributed by atoms with Gasteiger partial charge in [-0.1, -0.05) is 102 Å². The van der Waals surface area contributed by atoms with Crippen LogP contribution in [0.2, 0.25) is 0 Å². The minimum atomic E-state index is 0.839. The quantitative estimate of drug-likeness (QED) is 0.409. The molecule has 27 heavy (non-hydrogen) atoms. The highest BCUT2D eigenvalue weighted by Gasteiger charge is 2.24. The van der Waals surface area contributed by atoms with Crippen LogP contribution in [0.15, 0.2) is 24.3 Å². The van der Waals surface area contributed by atoms with E-state index in [0.29, 0.717) is 0 Å². The lowest BCUT2D eigenvalue weighted by Crippen LogP contribution is -2.16. The molecule has 2 saturated carbocycles. The standard InChI is InChI=1S/C27H44/c1-3-6-22-10-12-24(13-11-22)8-5-9-25-16-20-27(21-17-25)26-18-14-23(7-4-2)15-19-26/h14-15,18-19,22,24-25,27H,3-13,16-17,20-21H2,1-2H3. The van der Waals surface area contributed by atoms with E-state index < -0.39 is 0 Å². The third-order valence-corrected chi connectivity index (χ3v) is 7.72. The third-order valence-electron chi connectivity index (χ3n) is 7.72. The third kappa shape index (κ3) is 6.65. The van der Waals surface area contributed by atoms with Crippen molar-refractivity contribution in [1.29, 1.82) is 0 Å². The maximum atomic E-state index is 2.42. The summed E-state index contributed by atoms with van der Waals surface area (Å²) in [5.74, 6) is 4.00. The molecule has 2 aliphatic rings. The zero-order valence-electron chi connectivity index (χ0n) is 18.2. The summed E-state index contributed by atoms with van der Waals surface area (Å²) in [6, 6.07) is 9.59. The fraction of sp³-hybridized carbons (Fsp3) is 0.778. The van der Waals surface area contributed by atoms with E-state index in [4.69, 9.17) is 0 Å². The number of aryl methyl sites for hydroxylation is 1. The number of hydrogen-bond donors (Lipinski definition) is 0. The molecule has 1 aromatic carbocycles. The van der Waals surface area contributed by atoms with Crippen molar-refractivity contribution in [2.24, 2.45) is 17.8 Å². The lowest BCUT2D eigenvalue weighted by molar-refractivity contribution is 0.236. The van der Waals surface area contributed by atoms with Crippen LogP contribution in [0.4, 0.5) is 0 Å². The lowest BCUT2D eigenvalue weighted by Gasteiger charge is -2.31. The Labute approximate surface area is 169 Å². The average molecular weight is 369 g/mol. The Morgan fingerprint density at radius 2 is 1.15 bits per heavy atom. The van der Waals surface area contributed by atoms with E-state index in [0.717, 1.165) is 23.7 Å². The molecule has 0 heterocycles. The van der Waals surface area contributed by atoms with Crippen LogP contribution >= 0.6 is 0 Å². The fourth-order valence-corrected chi connectivity index (χ4v) is 5.94. The topological polar surface area (TPSA) is 0 Å². The minimum Gasteiger partial charge on any atom is -0.0654 e. The zero-order valence-corrected chi connectivity index (χ0v) is 18.2. The van der Waals surface area contributed by atoms with Gasteiger partial charge in [0, 0.05) is 0 Å². The largest absolute Gasteiger partial charge is 0.0654 e. The van der Waals surface area contributed by atoms with Gasteiger partial charge in [0.1, 0.15) is 0 Å². The van der Waals surface area contributed by atoms with Crippen molar-refractivity contribution in [1.82, 2.24) is 0 Å². The maximum absolute atomic E-state index is 2.42. The SMILES string of the molecule is CCCc1ccc(C2CCC(CCCC3CCC(CCC)CC3)CC2)cc1. The van der Waals surface area contributed by atoms with Crippen LogP contribution in [0.5, 0.6) is 0 Å². The van der Waals surface area contributed by atoms with E-state index in [9.17, 15) is 0 Å². The highest BCUT2D eigenvalue weighted by molar-refractivity contribution is 5.25. The smallest absolute Gasteiger partial charge is 0.0162 e. The molecule has 0 radical (unpaired) electrons. The van der Waals surface area contributed by atoms with Crippen molar-refractivity contribution >= 4 is 0 Å². The maximum Gasteiger partial charge on any atom is -0.0162 e. The van der Waals surface area contributed by atoms with Crippen LogP contribution in [0, 0.1) is 17.8 Å². The van der Waals surface area contributed by atoms with Gasteiger partial charge in [-0.05, 0) is 66.9 Å². The fourth-order valence-electron chi connectivity index (χ4n) is 5.94. The van der Waals surface area contributed by atoms with E-state index in [1.165, 1.54) is 102 Å². The molecule has 2 aliphatic carbocycles. The Balaban J connectivity index is 1.30. The number of benzene rings is 1. The molecular weight excluding hydrogens is 324 g/mol. The molecule has 0 spiro atoms. The highest BCUT2D eigenvalue weighted by Crippen LogP contribution is 2.39. The lowest BCUT2D eigenvalue weighted by atomic mass is 9.75. The molecule has 0 saturated heterocycles. The summed E-state index contributed by atoms with van der Waals surface area (Å²) in [6.45, 7) is 4.62. The predicted molar refractivity (Wildman–Crippen MR) is 119 cm³/mol. The molecule has 0 aromatic heterocycles. The molecule has 3 rings (SSSR count). The zero-order chi connectivity index (χ0) is 18.9. The van der Waals surface area contributed by atoms with Crippen LogP contribution in [-0.2, 0) is 6.42 Å². The highest BCUT2D eigenvalue weighted by atomic mass is 14.3. The second-order valence-corrected chi connectivity index (χ2v) is 9.82. The van der Waals surface area contributed by atoms with Gasteiger partial charge in [0.2, 0.25) is 0 Å². The molecule has 0 unspecified atom stereocenters. The summed E-state index contributed by atoms with van der Waals surface area (Å²) in [7, 11) is 0. The van der Waals surface area contributed by atoms with E-state index in [1.807, 2.05) is 0 Å². The summed E-state index contributed by atoms with van der Waals surface area (Å²) < 4.78 is 0. The second-order valence-electron chi connectivity index (χ2n) is 9.82. The van der Waals surface area contributed by atoms with Crippen molar-refractivity contribution in [2.45, 2.75) is 116 Å². The Morgan fingerprint density at radius 3 is 1.67 bits per heavy atom. The normalized spacial score (nSPS) is 29.0. The number of rotatable bonds is 9. The number of hydrogen-bond acceptors (Lipinski definition) is 0. The van der Waals surface area contributed by atoms with E-state index in [1.54, 1.807) is 5.56 Å². The molecule has 0 N–H and O–H groups in total. The van der Waals surface area contributed by atoms with Gasteiger partial charge in [-0.2, -0.15) is 0 Å². The first-order chi connectivity index (χ1) is 13.3. The van der Waals surface area contributed by atoms with Gasteiger partial charge in [-0.3, -0.25) is 0 Å². The van der Waals surface area contributed by atoms with Crippen molar-refractivity contribution < 1.29 is 0 Å². The molecule has 0 aliphatic heterocycles. The predicted octanol–water partition coefficient (Wildman–Crippen LogP) is 8.69. The van der Waals surface area contributed by atoms with Crippen LogP contribution in [0.3, 0.4) is 0 Å². The first kappa shape index (κ1) is 20.9. The Morgan fingerprint density at radius 1 is 0.630 bits per heavy atom. The molecule has 2 fully saturated rings. The molecule has 1 aromatic rings. The van der Waals surface area contributed by atoms with Crippen LogP contribution in [0.1, 0.15) is 121 Å². The summed E-state index contributed by atoms with van der Waals surface area (Å²) in [5, 5.41) is 0. The summed E-state index contributed by atoms with van der Waals surface area (Å²) in [5.41, 5.74) is 3.12. The Kier molecular flexibility index (Phi) is 8.75. The first-order valence-corrected chi connectivity index (χ1v) is 12.4. The molecule has 0 atom stereocenters. The van der Waals surface area contributed by atoms with Gasteiger partial charge in [0.25, 0.3) is 0 Å². The van der Waals surface area contributed by atoms with Crippen molar-refractivity contribution in [3.05, 3.63) is 35.4 Å². The molecule has 0 nitrogen and oxygen atoms in total. The summed E-state index contributed by atoms with van der Waals surface area (Å²) >= 11 is 0. The van der Waals surface area contributed by atoms with Gasteiger partial charge in [-0.15, -0.1) is 0 Å². The van der Waals surface area contributed by atoms with Crippen molar-refractivity contribution in [2.75, 3.05) is 0 Å². The Bertz CT molecular complexity index is 497. The molecule has 152 valence electrons. The van der Waals surface area contributed by atoms with E-state index >= 15 is 0 Å². The van der Waals surface area contributed by atoms with Gasteiger partial charge in [0.05, 0.1) is 0 Å². The van der Waals surface area contributed by atoms with Gasteiger partial charge in [0.15, 0.2) is 0 Å². The molecular formula is C27H44. The van der Waals surface area contributed by atoms with Crippen molar-refractivity contribution in [3.63, 3.8) is 0 Å². The first-order valence-electron chi connectivity index (χ1n) is 12.4. The van der Waals surface area contributed by atoms with Crippen molar-refractivity contribution in [3.8, 4) is 0 Å². The van der Waals surface area contributed by atoms with Crippen LogP contribution in [0.25, 0.3) is 0 Å². The molecule has 0 bridgehead atoms. The molecule has 0 amide bonds. The minimum absolute atomic E-state index is 0.839. The van der Waals surface area contributed by atoms with E-state index in [2.05, 4.69) is 38.1 Å². The van der Waals surface area contributed by atoms with Gasteiger partial charge in [-0.25, -0.2) is 0 Å². The second kappa shape index (κ2) is 11.3. The van der Waals surface area contributed by atoms with E-state index in [-0.39, 0.29) is 0 Å². The summed E-state index contributed by atoms with van der Waals surface area (Å²) in [4.78, 5) is 0. The van der Waals surface area contributed by atoms with Crippen LogP contribution in [-0.4, -0.2) is 0 Å². The summed E-state index contributed by atoms with van der Waals surface area (Å²) in [6.07, 6.45) is 21.8. The van der Waals surface area contributed by atoms with Crippen LogP contribution < -0.4 is 0 Å². The van der Waals surface area contributed by atoms with Gasteiger partial charge < -0.3 is 0 Å². The average Bonchev–Trinajstić information content (AvgIpc) is 2.71. The Hall–Kier alpha value is -0.780. The van der Waals surface area contributed by atoms with Gasteiger partial charge >= 0.3 is 0 Å². The monoisotopic (exact) mass is 368 g/mol.